The fraction of sp³-hybridized carbons (Fsp3) is 0.385. The number of rotatable bonds is 3. The Morgan fingerprint density at radius 2 is 1.79 bits per heavy atom. The highest BCUT2D eigenvalue weighted by molar-refractivity contribution is 5.95. The molecule has 1 saturated heterocycles. The Morgan fingerprint density at radius 3 is 2.32 bits per heavy atom. The number of carbonyl (C=O) groups is 2. The van der Waals surface area contributed by atoms with Gasteiger partial charge in [-0.2, -0.15) is 0 Å². The molecule has 0 aliphatic carbocycles. The van der Waals surface area contributed by atoms with Crippen molar-refractivity contribution >= 4 is 23.3 Å². The molecular formula is C13H18N4O2. The molecule has 0 saturated carbocycles. The number of amides is 3. The molecule has 0 unspecified atom stereocenters. The first-order chi connectivity index (χ1) is 9.19. The molecule has 1 fully saturated rings. The van der Waals surface area contributed by atoms with Gasteiger partial charge in [-0.3, -0.25) is 4.79 Å². The lowest BCUT2D eigenvalue weighted by Gasteiger charge is -2.11. The molecule has 1 heterocycles. The second-order valence-electron chi connectivity index (χ2n) is 4.42. The first kappa shape index (κ1) is 13.4. The molecule has 3 amide bonds. The molecule has 102 valence electrons. The van der Waals surface area contributed by atoms with Gasteiger partial charge in [0, 0.05) is 18.4 Å². The van der Waals surface area contributed by atoms with Crippen LogP contribution in [0.5, 0.6) is 0 Å². The Hall–Kier alpha value is -2.08. The predicted molar refractivity (Wildman–Crippen MR) is 74.2 cm³/mol. The van der Waals surface area contributed by atoms with E-state index in [0.29, 0.717) is 5.69 Å². The second kappa shape index (κ2) is 6.19. The standard InChI is InChI=1S/C13H18N4O2/c1-14-13(19)17-10-6-4-9(5-7-10)16-12(18)11-3-2-8-15-11/h4-7,11,15H,2-3,8H2,1H3,(H,16,18)(H2,14,17,19)/t11-/m1/s1. The smallest absolute Gasteiger partial charge is 0.318 e. The van der Waals surface area contributed by atoms with Crippen LogP contribution in [0.4, 0.5) is 16.2 Å². The summed E-state index contributed by atoms with van der Waals surface area (Å²) in [4.78, 5) is 23.0. The highest BCUT2D eigenvalue weighted by Crippen LogP contribution is 2.15. The summed E-state index contributed by atoms with van der Waals surface area (Å²) in [5, 5.41) is 11.1. The lowest BCUT2D eigenvalue weighted by molar-refractivity contribution is -0.117. The molecule has 6 heteroatoms. The molecule has 0 bridgehead atoms. The van der Waals surface area contributed by atoms with Crippen LogP contribution in [0.2, 0.25) is 0 Å². The number of hydrogen-bond donors (Lipinski definition) is 4. The van der Waals surface area contributed by atoms with E-state index >= 15 is 0 Å². The Morgan fingerprint density at radius 1 is 1.16 bits per heavy atom. The van der Waals surface area contributed by atoms with Crippen molar-refractivity contribution in [2.75, 3.05) is 24.2 Å². The topological polar surface area (TPSA) is 82.3 Å². The molecule has 1 atom stereocenters. The van der Waals surface area contributed by atoms with E-state index in [1.54, 1.807) is 31.3 Å². The van der Waals surface area contributed by atoms with E-state index in [1.807, 2.05) is 0 Å². The van der Waals surface area contributed by atoms with Crippen molar-refractivity contribution in [3.05, 3.63) is 24.3 Å². The molecule has 4 N–H and O–H groups in total. The van der Waals surface area contributed by atoms with E-state index in [2.05, 4.69) is 21.3 Å². The number of benzene rings is 1. The summed E-state index contributed by atoms with van der Waals surface area (Å²) in [5.41, 5.74) is 1.40. The van der Waals surface area contributed by atoms with Gasteiger partial charge in [0.2, 0.25) is 5.91 Å². The second-order valence-corrected chi connectivity index (χ2v) is 4.42. The van der Waals surface area contributed by atoms with Crippen LogP contribution >= 0.6 is 0 Å². The van der Waals surface area contributed by atoms with Crippen molar-refractivity contribution in [2.45, 2.75) is 18.9 Å². The van der Waals surface area contributed by atoms with Gasteiger partial charge in [0.25, 0.3) is 0 Å². The van der Waals surface area contributed by atoms with Gasteiger partial charge in [-0.15, -0.1) is 0 Å². The molecule has 19 heavy (non-hydrogen) atoms. The van der Waals surface area contributed by atoms with E-state index in [4.69, 9.17) is 0 Å². The fourth-order valence-corrected chi connectivity index (χ4v) is 1.97. The van der Waals surface area contributed by atoms with Crippen molar-refractivity contribution < 1.29 is 9.59 Å². The van der Waals surface area contributed by atoms with Gasteiger partial charge in [-0.05, 0) is 43.7 Å². The Bertz CT molecular complexity index is 452. The monoisotopic (exact) mass is 262 g/mol. The third-order valence-electron chi connectivity index (χ3n) is 3.01. The summed E-state index contributed by atoms with van der Waals surface area (Å²) in [6.07, 6.45) is 1.91. The van der Waals surface area contributed by atoms with Crippen molar-refractivity contribution in [2.24, 2.45) is 0 Å². The third kappa shape index (κ3) is 3.69. The van der Waals surface area contributed by atoms with Gasteiger partial charge >= 0.3 is 6.03 Å². The number of urea groups is 1. The van der Waals surface area contributed by atoms with E-state index in [-0.39, 0.29) is 18.0 Å². The molecular weight excluding hydrogens is 244 g/mol. The van der Waals surface area contributed by atoms with Crippen molar-refractivity contribution in [1.82, 2.24) is 10.6 Å². The maximum absolute atomic E-state index is 11.9. The number of nitrogens with one attached hydrogen (secondary N) is 4. The quantitative estimate of drug-likeness (QED) is 0.659. The fourth-order valence-electron chi connectivity index (χ4n) is 1.97. The summed E-state index contributed by atoms with van der Waals surface area (Å²) in [6, 6.07) is 6.64. The summed E-state index contributed by atoms with van der Waals surface area (Å²) in [5.74, 6) is -0.00971. The van der Waals surface area contributed by atoms with E-state index in [0.717, 1.165) is 25.1 Å². The van der Waals surface area contributed by atoms with Crippen molar-refractivity contribution in [3.8, 4) is 0 Å². The van der Waals surface area contributed by atoms with Crippen LogP contribution in [-0.2, 0) is 4.79 Å². The van der Waals surface area contributed by atoms with Crippen molar-refractivity contribution in [3.63, 3.8) is 0 Å². The lowest BCUT2D eigenvalue weighted by atomic mass is 10.2. The van der Waals surface area contributed by atoms with Gasteiger partial charge < -0.3 is 21.3 Å². The zero-order valence-electron chi connectivity index (χ0n) is 10.8. The minimum Gasteiger partial charge on any atom is -0.341 e. The number of carbonyl (C=O) groups excluding carboxylic acids is 2. The van der Waals surface area contributed by atoms with E-state index in [9.17, 15) is 9.59 Å². The number of hydrogen-bond acceptors (Lipinski definition) is 3. The molecule has 0 spiro atoms. The molecule has 6 nitrogen and oxygen atoms in total. The van der Waals surface area contributed by atoms with Crippen molar-refractivity contribution in [1.29, 1.82) is 0 Å². The van der Waals surface area contributed by atoms with Gasteiger partial charge in [0.05, 0.1) is 6.04 Å². The minimum atomic E-state index is -0.271. The molecule has 1 aliphatic rings. The van der Waals surface area contributed by atoms with Crippen LogP contribution in [0.25, 0.3) is 0 Å². The van der Waals surface area contributed by atoms with Gasteiger partial charge in [0.1, 0.15) is 0 Å². The highest BCUT2D eigenvalue weighted by atomic mass is 16.2. The first-order valence-corrected chi connectivity index (χ1v) is 6.32. The van der Waals surface area contributed by atoms with Crippen LogP contribution in [0.3, 0.4) is 0 Å². The maximum atomic E-state index is 11.9. The average Bonchev–Trinajstić information content (AvgIpc) is 2.95. The molecule has 1 aliphatic heterocycles. The zero-order chi connectivity index (χ0) is 13.7. The summed E-state index contributed by atoms with van der Waals surface area (Å²) >= 11 is 0. The Balaban J connectivity index is 1.91. The highest BCUT2D eigenvalue weighted by Gasteiger charge is 2.21. The average molecular weight is 262 g/mol. The van der Waals surface area contributed by atoms with Gasteiger partial charge in [-0.1, -0.05) is 0 Å². The Labute approximate surface area is 112 Å². The van der Waals surface area contributed by atoms with E-state index in [1.165, 1.54) is 0 Å². The largest absolute Gasteiger partial charge is 0.341 e. The minimum absolute atomic E-state index is 0.00971. The number of anilines is 2. The summed E-state index contributed by atoms with van der Waals surface area (Å²) in [6.45, 7) is 0.896. The summed E-state index contributed by atoms with van der Waals surface area (Å²) in [7, 11) is 1.55. The predicted octanol–water partition coefficient (Wildman–Crippen LogP) is 1.13. The van der Waals surface area contributed by atoms with Crippen LogP contribution < -0.4 is 21.3 Å². The maximum Gasteiger partial charge on any atom is 0.318 e. The third-order valence-corrected chi connectivity index (χ3v) is 3.01. The Kier molecular flexibility index (Phi) is 4.35. The van der Waals surface area contributed by atoms with Crippen LogP contribution in [-0.4, -0.2) is 31.6 Å². The molecule has 2 rings (SSSR count). The molecule has 0 radical (unpaired) electrons. The molecule has 1 aromatic rings. The normalized spacial score (nSPS) is 17.8. The first-order valence-electron chi connectivity index (χ1n) is 6.32. The van der Waals surface area contributed by atoms with Gasteiger partial charge in [-0.25, -0.2) is 4.79 Å². The van der Waals surface area contributed by atoms with Crippen LogP contribution in [0.1, 0.15) is 12.8 Å². The van der Waals surface area contributed by atoms with Crippen LogP contribution in [0.15, 0.2) is 24.3 Å². The SMILES string of the molecule is CNC(=O)Nc1ccc(NC(=O)[C@H]2CCCN2)cc1. The summed E-state index contributed by atoms with van der Waals surface area (Å²) < 4.78 is 0. The molecule has 1 aromatic carbocycles. The molecule has 0 aromatic heterocycles. The van der Waals surface area contributed by atoms with Gasteiger partial charge in [0.15, 0.2) is 0 Å². The van der Waals surface area contributed by atoms with E-state index < -0.39 is 0 Å². The lowest BCUT2D eigenvalue weighted by Crippen LogP contribution is -2.35. The zero-order valence-corrected chi connectivity index (χ0v) is 10.8. The van der Waals surface area contributed by atoms with Crippen LogP contribution in [0, 0.1) is 0 Å².